The molecule has 0 aromatic carbocycles. The zero-order valence-corrected chi connectivity index (χ0v) is 15.5. The summed E-state index contributed by atoms with van der Waals surface area (Å²) >= 11 is 2.59. The molecule has 0 heterocycles. The number of hydrogen-bond donors (Lipinski definition) is 6. The fourth-order valence-corrected chi connectivity index (χ4v) is 2.91. The van der Waals surface area contributed by atoms with E-state index in [1.165, 1.54) is 23.7 Å². The second-order valence-corrected chi connectivity index (χ2v) is 6.63. The number of thioether (sulfide) groups is 1. The van der Waals surface area contributed by atoms with Crippen molar-refractivity contribution in [1.82, 2.24) is 4.72 Å². The van der Waals surface area contributed by atoms with Crippen LogP contribution in [-0.2, 0) is 4.79 Å². The molecule has 0 aromatic rings. The molecule has 0 spiro atoms. The Bertz CT molecular complexity index is 375. The van der Waals surface area contributed by atoms with Gasteiger partial charge in [0.1, 0.15) is 24.4 Å². The Morgan fingerprint density at radius 3 is 2.38 bits per heavy atom. The Labute approximate surface area is 150 Å². The molecule has 8 nitrogen and oxygen atoms in total. The van der Waals surface area contributed by atoms with Crippen molar-refractivity contribution in [2.75, 3.05) is 25.7 Å². The van der Waals surface area contributed by atoms with Crippen LogP contribution in [0.3, 0.4) is 0 Å². The van der Waals surface area contributed by atoms with Crippen molar-refractivity contribution >= 4 is 35.0 Å². The zero-order chi connectivity index (χ0) is 18.5. The van der Waals surface area contributed by atoms with E-state index in [1.54, 1.807) is 6.26 Å². The molecule has 0 aliphatic carbocycles. The maximum absolute atomic E-state index is 11.7. The summed E-state index contributed by atoms with van der Waals surface area (Å²) in [7, 11) is 0. The minimum atomic E-state index is -1.66. The summed E-state index contributed by atoms with van der Waals surface area (Å²) in [6, 6.07) is -0.207. The molecule has 10 heteroatoms. The van der Waals surface area contributed by atoms with Crippen LogP contribution in [0.25, 0.3) is 0 Å². The molecule has 0 saturated carbocycles. The Morgan fingerprint density at radius 1 is 1.17 bits per heavy atom. The maximum Gasteiger partial charge on any atom is 0.206 e. The summed E-state index contributed by atoms with van der Waals surface area (Å²) in [5.41, 5.74) is 0. The van der Waals surface area contributed by atoms with E-state index >= 15 is 0 Å². The van der Waals surface area contributed by atoms with Gasteiger partial charge < -0.3 is 25.5 Å². The number of nitrogens with one attached hydrogen (secondary N) is 1. The zero-order valence-electron chi connectivity index (χ0n) is 13.9. The smallest absolute Gasteiger partial charge is 0.206 e. The van der Waals surface area contributed by atoms with Crippen molar-refractivity contribution in [3.8, 4) is 0 Å². The molecule has 142 valence electrons. The third-order valence-corrected chi connectivity index (χ3v) is 4.52. The van der Waals surface area contributed by atoms with Crippen LogP contribution >= 0.6 is 23.7 Å². The number of unbranched alkanes of at least 4 members (excludes halogenated alkanes) is 1. The Balaban J connectivity index is 4.09. The lowest BCUT2D eigenvalue weighted by Crippen LogP contribution is -2.46. The van der Waals surface area contributed by atoms with E-state index < -0.39 is 31.0 Å². The molecule has 0 aromatic heterocycles. The van der Waals surface area contributed by atoms with Gasteiger partial charge in [-0.25, -0.2) is 0 Å². The van der Waals surface area contributed by atoms with Gasteiger partial charge in [0.25, 0.3) is 0 Å². The van der Waals surface area contributed by atoms with Crippen LogP contribution in [0.1, 0.15) is 19.3 Å². The molecule has 0 saturated heterocycles. The minimum Gasteiger partial charge on any atom is -0.394 e. The van der Waals surface area contributed by atoms with E-state index in [0.29, 0.717) is 19.4 Å². The predicted molar refractivity (Wildman–Crippen MR) is 97.3 cm³/mol. The first-order valence-electron chi connectivity index (χ1n) is 7.58. The highest BCUT2D eigenvalue weighted by Crippen LogP contribution is 2.11. The van der Waals surface area contributed by atoms with E-state index in [4.69, 9.17) is 5.11 Å². The molecule has 24 heavy (non-hydrogen) atoms. The van der Waals surface area contributed by atoms with Gasteiger partial charge in [-0.2, -0.15) is 0 Å². The van der Waals surface area contributed by atoms with Crippen LogP contribution in [0.5, 0.6) is 0 Å². The van der Waals surface area contributed by atoms with Crippen LogP contribution in [0, 0.1) is 0 Å². The number of rotatable bonds is 13. The lowest BCUT2D eigenvalue weighted by atomic mass is 10.0. The van der Waals surface area contributed by atoms with Crippen LogP contribution in [-0.4, -0.2) is 93.0 Å². The van der Waals surface area contributed by atoms with Gasteiger partial charge in [-0.3, -0.25) is 14.5 Å². The second-order valence-electron chi connectivity index (χ2n) is 5.17. The van der Waals surface area contributed by atoms with E-state index in [-0.39, 0.29) is 11.2 Å². The first-order valence-corrected chi connectivity index (χ1v) is 10.0. The van der Waals surface area contributed by atoms with E-state index in [0.717, 1.165) is 12.6 Å². The average Bonchev–Trinajstić information content (AvgIpc) is 2.60. The largest absolute Gasteiger partial charge is 0.394 e. The summed E-state index contributed by atoms with van der Waals surface area (Å²) in [6.45, 7) is -0.315. The second kappa shape index (κ2) is 14.0. The molecule has 0 rings (SSSR count). The van der Waals surface area contributed by atoms with Gasteiger partial charge in [0, 0.05) is 12.8 Å². The summed E-state index contributed by atoms with van der Waals surface area (Å²) in [5, 5.41) is 46.7. The minimum absolute atomic E-state index is 0.0859. The van der Waals surface area contributed by atoms with Crippen LogP contribution in [0.2, 0.25) is 0 Å². The molecule has 0 radical (unpaired) electrons. The maximum atomic E-state index is 11.7. The van der Waals surface area contributed by atoms with Gasteiger partial charge in [-0.05, 0) is 31.8 Å². The number of aliphatic hydroxyl groups is 5. The molecular weight excluding hydrogens is 356 g/mol. The van der Waals surface area contributed by atoms with Gasteiger partial charge in [-0.1, -0.05) is 23.7 Å². The summed E-state index contributed by atoms with van der Waals surface area (Å²) in [4.78, 5) is 15.6. The number of carbonyl (C=O) groups excluding carboxylic acids is 1. The lowest BCUT2D eigenvalue weighted by Gasteiger charge is -2.23. The van der Waals surface area contributed by atoms with Gasteiger partial charge in [0.15, 0.2) is 0 Å². The van der Waals surface area contributed by atoms with E-state index in [1.807, 2.05) is 6.26 Å². The Kier molecular flexibility index (Phi) is 13.9. The number of hydrogen-bond acceptors (Lipinski definition) is 10. The van der Waals surface area contributed by atoms with Crippen LogP contribution in [0.4, 0.5) is 0 Å². The molecule has 0 bridgehead atoms. The molecule has 0 fully saturated rings. The number of aliphatic hydroxyl groups excluding tert-OH is 5. The van der Waals surface area contributed by atoms with Crippen molar-refractivity contribution in [2.24, 2.45) is 4.99 Å². The molecule has 0 aliphatic heterocycles. The Morgan fingerprint density at radius 2 is 1.83 bits per heavy atom. The molecule has 0 aliphatic rings. The standard InChI is InChI=1S/C14H28N2O6S2/c1-23-14(22)9(16-24-2)5-3-4-6-15-7-10(18)12(20)13(21)11(19)8-17/h7,9-13,16-21H,3-6,8H2,1-2H3/b15-7+. The summed E-state index contributed by atoms with van der Waals surface area (Å²) < 4.78 is 3.05. The average molecular weight is 385 g/mol. The highest BCUT2D eigenvalue weighted by molar-refractivity contribution is 8.13. The number of aliphatic imine (C=N–C) groups is 1. The van der Waals surface area contributed by atoms with Gasteiger partial charge in [-0.15, -0.1) is 0 Å². The topological polar surface area (TPSA) is 143 Å². The monoisotopic (exact) mass is 384 g/mol. The number of carbonyl (C=O) groups is 1. The van der Waals surface area contributed by atoms with E-state index in [2.05, 4.69) is 9.71 Å². The normalized spacial score (nSPS) is 18.3. The molecule has 0 amide bonds. The molecule has 6 N–H and O–H groups in total. The fourth-order valence-electron chi connectivity index (χ4n) is 1.87. The first-order chi connectivity index (χ1) is 11.4. The van der Waals surface area contributed by atoms with Crippen LogP contribution in [0.15, 0.2) is 4.99 Å². The highest BCUT2D eigenvalue weighted by atomic mass is 32.2. The molecule has 5 unspecified atom stereocenters. The SMILES string of the molecule is CSNC(CCCC/N=C/C(O)C(O)C(O)C(O)CO)C(=O)SC. The highest BCUT2D eigenvalue weighted by Gasteiger charge is 2.28. The van der Waals surface area contributed by atoms with Crippen molar-refractivity contribution < 1.29 is 30.3 Å². The summed E-state index contributed by atoms with van der Waals surface area (Å²) in [5.74, 6) is 0. The third kappa shape index (κ3) is 9.33. The predicted octanol–water partition coefficient (Wildman–Crippen LogP) is -1.21. The van der Waals surface area contributed by atoms with Gasteiger partial charge in [0.2, 0.25) is 5.12 Å². The van der Waals surface area contributed by atoms with Gasteiger partial charge >= 0.3 is 0 Å². The van der Waals surface area contributed by atoms with Crippen LogP contribution < -0.4 is 4.72 Å². The fraction of sp³-hybridized carbons (Fsp3) is 0.857. The number of nitrogens with zero attached hydrogens (tertiary/aromatic N) is 1. The summed E-state index contributed by atoms with van der Waals surface area (Å²) in [6.07, 6.45) is 0.601. The van der Waals surface area contributed by atoms with Crippen molar-refractivity contribution in [1.29, 1.82) is 0 Å². The first kappa shape index (κ1) is 23.8. The van der Waals surface area contributed by atoms with Crippen molar-refractivity contribution in [3.63, 3.8) is 0 Å². The molecular formula is C14H28N2O6S2. The van der Waals surface area contributed by atoms with Crippen molar-refractivity contribution in [3.05, 3.63) is 0 Å². The third-order valence-electron chi connectivity index (χ3n) is 3.32. The lowest BCUT2D eigenvalue weighted by molar-refractivity contribution is -0.112. The van der Waals surface area contributed by atoms with Gasteiger partial charge in [0.05, 0.1) is 12.6 Å². The van der Waals surface area contributed by atoms with E-state index in [9.17, 15) is 25.2 Å². The quantitative estimate of drug-likeness (QED) is 0.131. The molecule has 5 atom stereocenters. The van der Waals surface area contributed by atoms with Crippen molar-refractivity contribution in [2.45, 2.75) is 49.7 Å². The Hall–Kier alpha value is -0.200.